The molecule has 4 aromatic carbocycles. The number of nitrogens with one attached hydrogen (secondary N) is 1. The average molecular weight is 521 g/mol. The van der Waals surface area contributed by atoms with Crippen molar-refractivity contribution in [2.75, 3.05) is 18.5 Å². The largest absolute Gasteiger partial charge is 0.480 e. The van der Waals surface area contributed by atoms with Crippen LogP contribution in [0.15, 0.2) is 97.1 Å². The van der Waals surface area contributed by atoms with Crippen LogP contribution < -0.4 is 5.32 Å². The molecule has 0 heterocycles. The minimum atomic E-state index is -1.11. The standard InChI is InChI=1S/C32H28N2O5/c1-21-23(31(37)34(19-30(35)36)18-22-10-3-2-4-11-22)16-9-17-29(21)33-32(38)39-20-28-26-14-7-5-12-24(26)25-13-6-8-15-27(25)28/h2-17,28H,18-20H2,1H3,(H,33,38)(H,35,36). The Balaban J connectivity index is 1.30. The van der Waals surface area contributed by atoms with E-state index in [1.54, 1.807) is 25.1 Å². The lowest BCUT2D eigenvalue weighted by atomic mass is 9.98. The fourth-order valence-corrected chi connectivity index (χ4v) is 5.08. The molecule has 0 saturated carbocycles. The van der Waals surface area contributed by atoms with Gasteiger partial charge >= 0.3 is 12.1 Å². The van der Waals surface area contributed by atoms with Gasteiger partial charge in [0.1, 0.15) is 13.2 Å². The van der Waals surface area contributed by atoms with Gasteiger partial charge in [-0.1, -0.05) is 84.9 Å². The summed E-state index contributed by atoms with van der Waals surface area (Å²) in [6.07, 6.45) is -0.628. The monoisotopic (exact) mass is 520 g/mol. The van der Waals surface area contributed by atoms with E-state index in [9.17, 15) is 19.5 Å². The zero-order valence-corrected chi connectivity index (χ0v) is 21.5. The van der Waals surface area contributed by atoms with Gasteiger partial charge in [0, 0.05) is 23.7 Å². The van der Waals surface area contributed by atoms with Gasteiger partial charge in [-0.3, -0.25) is 14.9 Å². The summed E-state index contributed by atoms with van der Waals surface area (Å²) in [4.78, 5) is 39.0. The first-order valence-electron chi connectivity index (χ1n) is 12.7. The third-order valence-electron chi connectivity index (χ3n) is 6.97. The molecule has 39 heavy (non-hydrogen) atoms. The second-order valence-corrected chi connectivity index (χ2v) is 9.47. The molecule has 1 aliphatic carbocycles. The lowest BCUT2D eigenvalue weighted by Gasteiger charge is -2.22. The van der Waals surface area contributed by atoms with Crippen molar-refractivity contribution in [3.8, 4) is 11.1 Å². The number of benzene rings is 4. The van der Waals surface area contributed by atoms with Crippen molar-refractivity contribution in [2.45, 2.75) is 19.4 Å². The smallest absolute Gasteiger partial charge is 0.411 e. The summed E-state index contributed by atoms with van der Waals surface area (Å²) in [5.41, 5.74) is 6.60. The Morgan fingerprint density at radius 1 is 0.821 bits per heavy atom. The molecule has 0 bridgehead atoms. The zero-order chi connectivity index (χ0) is 27.4. The van der Waals surface area contributed by atoms with Crippen LogP contribution in [0.3, 0.4) is 0 Å². The highest BCUT2D eigenvalue weighted by Crippen LogP contribution is 2.44. The predicted octanol–water partition coefficient (Wildman–Crippen LogP) is 6.08. The normalized spacial score (nSPS) is 11.8. The van der Waals surface area contributed by atoms with Crippen molar-refractivity contribution in [3.63, 3.8) is 0 Å². The molecule has 0 atom stereocenters. The van der Waals surface area contributed by atoms with Crippen molar-refractivity contribution in [1.29, 1.82) is 0 Å². The summed E-state index contributed by atoms with van der Waals surface area (Å²) in [5.74, 6) is -1.61. The highest BCUT2D eigenvalue weighted by Gasteiger charge is 2.29. The number of carboxylic acid groups (broad SMARTS) is 1. The van der Waals surface area contributed by atoms with Gasteiger partial charge in [-0.15, -0.1) is 0 Å². The summed E-state index contributed by atoms with van der Waals surface area (Å²) in [7, 11) is 0. The van der Waals surface area contributed by atoms with E-state index in [-0.39, 0.29) is 19.1 Å². The van der Waals surface area contributed by atoms with Gasteiger partial charge in [0.2, 0.25) is 0 Å². The number of anilines is 1. The first-order valence-corrected chi connectivity index (χ1v) is 12.7. The number of carbonyl (C=O) groups excluding carboxylic acids is 2. The number of hydrogen-bond acceptors (Lipinski definition) is 4. The van der Waals surface area contributed by atoms with Crippen LogP contribution in [0.2, 0.25) is 0 Å². The van der Waals surface area contributed by atoms with Gasteiger partial charge in [0.25, 0.3) is 5.91 Å². The molecule has 1 aliphatic rings. The highest BCUT2D eigenvalue weighted by molar-refractivity contribution is 5.99. The number of hydrogen-bond donors (Lipinski definition) is 2. The summed E-state index contributed by atoms with van der Waals surface area (Å²) in [6.45, 7) is 1.58. The predicted molar refractivity (Wildman–Crippen MR) is 149 cm³/mol. The van der Waals surface area contributed by atoms with Crippen molar-refractivity contribution in [2.24, 2.45) is 0 Å². The Morgan fingerprint density at radius 3 is 2.08 bits per heavy atom. The van der Waals surface area contributed by atoms with Gasteiger partial charge in [-0.2, -0.15) is 0 Å². The zero-order valence-electron chi connectivity index (χ0n) is 21.5. The van der Waals surface area contributed by atoms with Gasteiger partial charge in [0.05, 0.1) is 0 Å². The highest BCUT2D eigenvalue weighted by atomic mass is 16.5. The minimum Gasteiger partial charge on any atom is -0.480 e. The second-order valence-electron chi connectivity index (χ2n) is 9.47. The summed E-state index contributed by atoms with van der Waals surface area (Å²) < 4.78 is 5.65. The number of nitrogens with zero attached hydrogens (tertiary/aromatic N) is 1. The van der Waals surface area contributed by atoms with Crippen molar-refractivity contribution in [3.05, 3.63) is 125 Å². The molecule has 0 saturated heterocycles. The minimum absolute atomic E-state index is 0.0697. The second kappa shape index (κ2) is 11.2. The first kappa shape index (κ1) is 25.7. The lowest BCUT2D eigenvalue weighted by molar-refractivity contribution is -0.137. The maximum absolute atomic E-state index is 13.4. The maximum Gasteiger partial charge on any atom is 0.411 e. The fraction of sp³-hybridized carbons (Fsp3) is 0.156. The van der Waals surface area contributed by atoms with Crippen LogP contribution in [-0.2, 0) is 16.1 Å². The third-order valence-corrected chi connectivity index (χ3v) is 6.97. The molecule has 4 aromatic rings. The van der Waals surface area contributed by atoms with Crippen LogP contribution in [-0.4, -0.2) is 41.1 Å². The van der Waals surface area contributed by atoms with Crippen molar-refractivity contribution >= 4 is 23.7 Å². The van der Waals surface area contributed by atoms with E-state index in [0.717, 1.165) is 27.8 Å². The quantitative estimate of drug-likeness (QED) is 0.293. The molecule has 2 amide bonds. The Morgan fingerprint density at radius 2 is 1.44 bits per heavy atom. The van der Waals surface area contributed by atoms with E-state index in [0.29, 0.717) is 16.8 Å². The molecular weight excluding hydrogens is 492 g/mol. The van der Waals surface area contributed by atoms with Gasteiger partial charge < -0.3 is 14.7 Å². The fourth-order valence-electron chi connectivity index (χ4n) is 5.08. The average Bonchev–Trinajstić information content (AvgIpc) is 3.26. The van der Waals surface area contributed by atoms with E-state index in [4.69, 9.17) is 4.74 Å². The third kappa shape index (κ3) is 5.52. The van der Waals surface area contributed by atoms with Crippen LogP contribution in [0.25, 0.3) is 11.1 Å². The number of rotatable bonds is 8. The Labute approximate surface area is 226 Å². The molecule has 0 unspecified atom stereocenters. The Hall–Kier alpha value is -4.91. The first-order chi connectivity index (χ1) is 18.9. The molecule has 0 spiro atoms. The number of aliphatic carboxylic acids is 1. The molecule has 7 nitrogen and oxygen atoms in total. The molecular formula is C32H28N2O5. The number of carboxylic acids is 1. The van der Waals surface area contributed by atoms with Crippen LogP contribution >= 0.6 is 0 Å². The van der Waals surface area contributed by atoms with E-state index < -0.39 is 24.5 Å². The Bertz CT molecular complexity index is 1490. The number of ether oxygens (including phenoxy) is 1. The molecule has 2 N–H and O–H groups in total. The van der Waals surface area contributed by atoms with Crippen LogP contribution in [0.4, 0.5) is 10.5 Å². The van der Waals surface area contributed by atoms with E-state index >= 15 is 0 Å². The van der Waals surface area contributed by atoms with Gasteiger partial charge in [-0.05, 0) is 52.4 Å². The summed E-state index contributed by atoms with van der Waals surface area (Å²) in [5, 5.41) is 12.2. The summed E-state index contributed by atoms with van der Waals surface area (Å²) in [6, 6.07) is 30.4. The van der Waals surface area contributed by atoms with E-state index in [1.807, 2.05) is 54.6 Å². The maximum atomic E-state index is 13.4. The topological polar surface area (TPSA) is 95.9 Å². The van der Waals surface area contributed by atoms with Crippen LogP contribution in [0.5, 0.6) is 0 Å². The lowest BCUT2D eigenvalue weighted by Crippen LogP contribution is -2.35. The summed E-state index contributed by atoms with van der Waals surface area (Å²) >= 11 is 0. The molecule has 5 rings (SSSR count). The van der Waals surface area contributed by atoms with E-state index in [2.05, 4.69) is 29.6 Å². The van der Waals surface area contributed by atoms with Crippen molar-refractivity contribution in [1.82, 2.24) is 4.90 Å². The molecule has 196 valence electrons. The van der Waals surface area contributed by atoms with Gasteiger partial charge in [-0.25, -0.2) is 4.79 Å². The Kier molecular flexibility index (Phi) is 7.41. The van der Waals surface area contributed by atoms with E-state index in [1.165, 1.54) is 4.90 Å². The molecule has 0 fully saturated rings. The molecule has 7 heteroatoms. The van der Waals surface area contributed by atoms with Crippen LogP contribution in [0.1, 0.15) is 38.5 Å². The number of fused-ring (bicyclic) bond motifs is 3. The number of amides is 2. The SMILES string of the molecule is Cc1c(NC(=O)OCC2c3ccccc3-c3ccccc32)cccc1C(=O)N(CC(=O)O)Cc1ccccc1. The number of carbonyl (C=O) groups is 3. The van der Waals surface area contributed by atoms with Crippen molar-refractivity contribution < 1.29 is 24.2 Å². The van der Waals surface area contributed by atoms with Gasteiger partial charge in [0.15, 0.2) is 0 Å². The van der Waals surface area contributed by atoms with Crippen LogP contribution in [0, 0.1) is 6.92 Å². The molecule has 0 aromatic heterocycles. The molecule has 0 radical (unpaired) electrons. The molecule has 0 aliphatic heterocycles.